The molecule has 1 aromatic carbocycles. The van der Waals surface area contributed by atoms with E-state index >= 15 is 0 Å². The average Bonchev–Trinajstić information content (AvgIpc) is 2.29. The number of primary amides is 1. The van der Waals surface area contributed by atoms with E-state index in [0.29, 0.717) is 31.0 Å². The predicted molar refractivity (Wildman–Crippen MR) is 68.9 cm³/mol. The van der Waals surface area contributed by atoms with Crippen molar-refractivity contribution in [3.8, 4) is 5.75 Å². The molecule has 17 heavy (non-hydrogen) atoms. The summed E-state index contributed by atoms with van der Waals surface area (Å²) < 4.78 is 5.50. The van der Waals surface area contributed by atoms with Gasteiger partial charge in [-0.2, -0.15) is 0 Å². The van der Waals surface area contributed by atoms with Gasteiger partial charge in [-0.25, -0.2) is 0 Å². The molecule has 0 bridgehead atoms. The first kappa shape index (κ1) is 13.2. The number of nitrogens with two attached hydrogens (primary N) is 2. The van der Waals surface area contributed by atoms with E-state index in [9.17, 15) is 4.79 Å². The van der Waals surface area contributed by atoms with Crippen LogP contribution in [0.3, 0.4) is 0 Å². The van der Waals surface area contributed by atoms with Crippen LogP contribution in [0.15, 0.2) is 18.2 Å². The Morgan fingerprint density at radius 1 is 1.47 bits per heavy atom. The van der Waals surface area contributed by atoms with Crippen molar-refractivity contribution >= 4 is 17.3 Å². The molecule has 5 heteroatoms. The summed E-state index contributed by atoms with van der Waals surface area (Å²) in [4.78, 5) is 10.6. The van der Waals surface area contributed by atoms with E-state index in [-0.39, 0.29) is 5.91 Å². The summed E-state index contributed by atoms with van der Waals surface area (Å²) in [6.45, 7) is 3.17. The van der Waals surface area contributed by atoms with E-state index in [1.165, 1.54) is 0 Å². The Hall–Kier alpha value is -1.91. The second-order valence-corrected chi connectivity index (χ2v) is 3.74. The van der Waals surface area contributed by atoms with Crippen LogP contribution in [0, 0.1) is 0 Å². The number of hydrogen-bond acceptors (Lipinski definition) is 4. The van der Waals surface area contributed by atoms with Crippen LogP contribution in [-0.4, -0.2) is 19.1 Å². The molecule has 5 nitrogen and oxygen atoms in total. The molecule has 0 saturated carbocycles. The molecule has 0 radical (unpaired) electrons. The van der Waals surface area contributed by atoms with Crippen LogP contribution in [-0.2, 0) is 4.79 Å². The Bertz CT molecular complexity index is 380. The number of carbonyl (C=O) groups excluding carboxylic acids is 1. The van der Waals surface area contributed by atoms with E-state index in [2.05, 4.69) is 5.32 Å². The number of amides is 1. The van der Waals surface area contributed by atoms with E-state index in [4.69, 9.17) is 16.2 Å². The van der Waals surface area contributed by atoms with Crippen molar-refractivity contribution in [1.29, 1.82) is 0 Å². The minimum atomic E-state index is -0.324. The molecular weight excluding hydrogens is 218 g/mol. The summed E-state index contributed by atoms with van der Waals surface area (Å²) in [5.74, 6) is 0.339. The lowest BCUT2D eigenvalue weighted by Crippen LogP contribution is -2.15. The number of nitrogen functional groups attached to an aromatic ring is 1. The molecular formula is C12H19N3O2. The SMILES string of the molecule is CCCOc1cc(NCCC(N)=O)ccc1N. The van der Waals surface area contributed by atoms with Crippen molar-refractivity contribution in [2.24, 2.45) is 5.73 Å². The smallest absolute Gasteiger partial charge is 0.219 e. The largest absolute Gasteiger partial charge is 0.491 e. The highest BCUT2D eigenvalue weighted by Gasteiger charge is 2.02. The highest BCUT2D eigenvalue weighted by atomic mass is 16.5. The second-order valence-electron chi connectivity index (χ2n) is 3.74. The normalized spacial score (nSPS) is 9.94. The lowest BCUT2D eigenvalue weighted by Gasteiger charge is -2.11. The summed E-state index contributed by atoms with van der Waals surface area (Å²) >= 11 is 0. The van der Waals surface area contributed by atoms with Crippen molar-refractivity contribution in [3.05, 3.63) is 18.2 Å². The van der Waals surface area contributed by atoms with Crippen LogP contribution in [0.25, 0.3) is 0 Å². The van der Waals surface area contributed by atoms with Crippen molar-refractivity contribution < 1.29 is 9.53 Å². The lowest BCUT2D eigenvalue weighted by molar-refractivity contribution is -0.117. The highest BCUT2D eigenvalue weighted by molar-refractivity contribution is 5.74. The second kappa shape index (κ2) is 6.62. The molecule has 1 rings (SSSR count). The zero-order chi connectivity index (χ0) is 12.7. The van der Waals surface area contributed by atoms with Gasteiger partial charge in [0.1, 0.15) is 5.75 Å². The first-order valence-electron chi connectivity index (χ1n) is 5.68. The van der Waals surface area contributed by atoms with E-state index < -0.39 is 0 Å². The lowest BCUT2D eigenvalue weighted by atomic mass is 10.2. The monoisotopic (exact) mass is 237 g/mol. The summed E-state index contributed by atoms with van der Waals surface area (Å²) in [6, 6.07) is 5.44. The van der Waals surface area contributed by atoms with Crippen molar-refractivity contribution in [1.82, 2.24) is 0 Å². The van der Waals surface area contributed by atoms with Gasteiger partial charge in [0.2, 0.25) is 5.91 Å². The minimum absolute atomic E-state index is 0.301. The van der Waals surface area contributed by atoms with Crippen LogP contribution in [0.2, 0.25) is 0 Å². The topological polar surface area (TPSA) is 90.4 Å². The molecule has 0 spiro atoms. The number of benzene rings is 1. The number of hydrogen-bond donors (Lipinski definition) is 3. The van der Waals surface area contributed by atoms with Crippen molar-refractivity contribution in [2.75, 3.05) is 24.2 Å². The van der Waals surface area contributed by atoms with E-state index in [0.717, 1.165) is 12.1 Å². The molecule has 94 valence electrons. The van der Waals surface area contributed by atoms with Crippen LogP contribution >= 0.6 is 0 Å². The third-order valence-corrected chi connectivity index (χ3v) is 2.18. The molecule has 0 aliphatic heterocycles. The Labute approximate surface area is 101 Å². The van der Waals surface area contributed by atoms with Crippen LogP contribution < -0.4 is 21.5 Å². The number of ether oxygens (including phenoxy) is 1. The molecule has 0 aliphatic carbocycles. The molecule has 0 atom stereocenters. The summed E-state index contributed by atoms with van der Waals surface area (Å²) in [5.41, 5.74) is 12.3. The summed E-state index contributed by atoms with van der Waals surface area (Å²) in [5, 5.41) is 3.08. The van der Waals surface area contributed by atoms with Crippen LogP contribution in [0.1, 0.15) is 19.8 Å². The van der Waals surface area contributed by atoms with Gasteiger partial charge in [-0.1, -0.05) is 6.92 Å². The maximum Gasteiger partial charge on any atom is 0.219 e. The standard InChI is InChI=1S/C12H19N3O2/c1-2-7-17-11-8-9(3-4-10(11)13)15-6-5-12(14)16/h3-4,8,15H,2,5-7,13H2,1H3,(H2,14,16). The van der Waals surface area contributed by atoms with Crippen LogP contribution in [0.4, 0.5) is 11.4 Å². The van der Waals surface area contributed by atoms with Gasteiger partial charge in [0.15, 0.2) is 0 Å². The molecule has 0 saturated heterocycles. The molecule has 0 aliphatic rings. The summed E-state index contributed by atoms with van der Waals surface area (Å²) in [7, 11) is 0. The number of rotatable bonds is 7. The number of anilines is 2. The van der Waals surface area contributed by atoms with Gasteiger partial charge in [0.25, 0.3) is 0 Å². The highest BCUT2D eigenvalue weighted by Crippen LogP contribution is 2.25. The molecule has 0 unspecified atom stereocenters. The Balaban J connectivity index is 2.58. The van der Waals surface area contributed by atoms with Gasteiger partial charge >= 0.3 is 0 Å². The Morgan fingerprint density at radius 3 is 2.88 bits per heavy atom. The maximum atomic E-state index is 10.6. The van der Waals surface area contributed by atoms with Crippen molar-refractivity contribution in [2.45, 2.75) is 19.8 Å². The number of nitrogens with one attached hydrogen (secondary N) is 1. The predicted octanol–water partition coefficient (Wildman–Crippen LogP) is 1.34. The molecule has 1 aromatic rings. The van der Waals surface area contributed by atoms with Gasteiger partial charge in [-0.05, 0) is 18.6 Å². The van der Waals surface area contributed by atoms with Gasteiger partial charge in [-0.3, -0.25) is 4.79 Å². The fourth-order valence-corrected chi connectivity index (χ4v) is 1.31. The van der Waals surface area contributed by atoms with Crippen molar-refractivity contribution in [3.63, 3.8) is 0 Å². The third-order valence-electron chi connectivity index (χ3n) is 2.18. The fourth-order valence-electron chi connectivity index (χ4n) is 1.31. The summed E-state index contributed by atoms with van der Waals surface area (Å²) in [6.07, 6.45) is 1.23. The maximum absolute atomic E-state index is 10.6. The third kappa shape index (κ3) is 4.63. The molecule has 0 aromatic heterocycles. The van der Waals surface area contributed by atoms with Gasteiger partial charge in [0.05, 0.1) is 12.3 Å². The van der Waals surface area contributed by atoms with E-state index in [1.807, 2.05) is 19.1 Å². The fraction of sp³-hybridized carbons (Fsp3) is 0.417. The first-order valence-corrected chi connectivity index (χ1v) is 5.68. The molecule has 1 amide bonds. The molecule has 5 N–H and O–H groups in total. The molecule has 0 fully saturated rings. The van der Waals surface area contributed by atoms with Gasteiger partial charge in [-0.15, -0.1) is 0 Å². The van der Waals surface area contributed by atoms with E-state index in [1.54, 1.807) is 6.07 Å². The van der Waals surface area contributed by atoms with Gasteiger partial charge in [0, 0.05) is 24.7 Å². The number of carbonyl (C=O) groups is 1. The quantitative estimate of drug-likeness (QED) is 0.624. The Kier molecular flexibility index (Phi) is 5.13. The first-order chi connectivity index (χ1) is 8.13. The zero-order valence-electron chi connectivity index (χ0n) is 10.0. The molecule has 0 heterocycles. The Morgan fingerprint density at radius 2 is 2.24 bits per heavy atom. The van der Waals surface area contributed by atoms with Gasteiger partial charge < -0.3 is 21.5 Å². The minimum Gasteiger partial charge on any atom is -0.491 e. The zero-order valence-corrected chi connectivity index (χ0v) is 10.0. The van der Waals surface area contributed by atoms with Crippen LogP contribution in [0.5, 0.6) is 5.75 Å². The average molecular weight is 237 g/mol.